The van der Waals surface area contributed by atoms with E-state index in [0.29, 0.717) is 6.04 Å². The summed E-state index contributed by atoms with van der Waals surface area (Å²) in [5.41, 5.74) is 4.13. The van der Waals surface area contributed by atoms with Gasteiger partial charge in [0.05, 0.1) is 10.6 Å². The molecule has 0 amide bonds. The van der Waals surface area contributed by atoms with Crippen molar-refractivity contribution in [3.63, 3.8) is 0 Å². The van der Waals surface area contributed by atoms with Gasteiger partial charge in [0.2, 0.25) is 0 Å². The maximum absolute atomic E-state index is 11.0. The van der Waals surface area contributed by atoms with Crippen LogP contribution in [0.4, 0.5) is 5.69 Å². The van der Waals surface area contributed by atoms with Crippen LogP contribution < -0.4 is 0 Å². The maximum Gasteiger partial charge on any atom is 0.271 e. The van der Waals surface area contributed by atoms with Crippen LogP contribution in [0.3, 0.4) is 0 Å². The smallest absolute Gasteiger partial charge is 0.271 e. The van der Waals surface area contributed by atoms with E-state index >= 15 is 0 Å². The molecule has 0 spiro atoms. The monoisotopic (exact) mass is 325 g/mol. The highest BCUT2D eigenvalue weighted by atomic mass is 16.6. The molecular weight excluding hydrogens is 302 g/mol. The minimum atomic E-state index is -0.358. The van der Waals surface area contributed by atoms with Gasteiger partial charge in [0.15, 0.2) is 0 Å². The van der Waals surface area contributed by atoms with Crippen LogP contribution >= 0.6 is 0 Å². The molecule has 5 heteroatoms. The Hall–Kier alpha value is -2.43. The third kappa shape index (κ3) is 3.40. The highest BCUT2D eigenvalue weighted by Crippen LogP contribution is 2.24. The number of nitrogens with zero attached hydrogens (tertiary/aromatic N) is 3. The lowest BCUT2D eigenvalue weighted by molar-refractivity contribution is -0.384. The summed E-state index contributed by atoms with van der Waals surface area (Å²) in [5, 5.41) is 11.0. The molecule has 24 heavy (non-hydrogen) atoms. The first-order valence-electron chi connectivity index (χ1n) is 8.53. The van der Waals surface area contributed by atoms with E-state index in [1.165, 1.54) is 38.2 Å². The summed E-state index contributed by atoms with van der Waals surface area (Å²) < 4.78 is 2.05. The number of hydrogen-bond acceptors (Lipinski definition) is 3. The number of rotatable bonds is 4. The Morgan fingerprint density at radius 1 is 1.21 bits per heavy atom. The zero-order chi connectivity index (χ0) is 17.1. The number of aliphatic imine (C=N–C) groups is 1. The molecule has 0 atom stereocenters. The lowest BCUT2D eigenvalue weighted by atomic mass is 9.96. The molecule has 1 heterocycles. The molecule has 1 aliphatic carbocycles. The highest BCUT2D eigenvalue weighted by molar-refractivity contribution is 5.82. The van der Waals surface area contributed by atoms with E-state index in [1.54, 1.807) is 12.1 Å². The van der Waals surface area contributed by atoms with Crippen molar-refractivity contribution < 1.29 is 4.92 Å². The average Bonchev–Trinajstić information content (AvgIpc) is 2.88. The normalized spacial score (nSPS) is 15.9. The van der Waals surface area contributed by atoms with Gasteiger partial charge in [0.25, 0.3) is 5.69 Å². The molecule has 1 aromatic heterocycles. The third-order valence-electron chi connectivity index (χ3n) is 4.77. The van der Waals surface area contributed by atoms with Crippen molar-refractivity contribution in [3.8, 4) is 5.69 Å². The van der Waals surface area contributed by atoms with Crippen LogP contribution in [0.25, 0.3) is 5.69 Å². The maximum atomic E-state index is 11.0. The van der Waals surface area contributed by atoms with E-state index in [1.807, 2.05) is 26.1 Å². The quantitative estimate of drug-likeness (QED) is 0.462. The highest BCUT2D eigenvalue weighted by Gasteiger charge is 2.14. The van der Waals surface area contributed by atoms with Gasteiger partial charge in [-0.25, -0.2) is 0 Å². The molecule has 3 rings (SSSR count). The van der Waals surface area contributed by atoms with Crippen molar-refractivity contribution in [3.05, 3.63) is 57.4 Å². The molecule has 5 nitrogen and oxygen atoms in total. The van der Waals surface area contributed by atoms with Crippen molar-refractivity contribution in [1.29, 1.82) is 0 Å². The Kier molecular flexibility index (Phi) is 4.79. The first-order chi connectivity index (χ1) is 11.6. The number of benzene rings is 1. The number of hydrogen-bond donors (Lipinski definition) is 0. The van der Waals surface area contributed by atoms with Gasteiger partial charge in [0.1, 0.15) is 0 Å². The first-order valence-corrected chi connectivity index (χ1v) is 8.53. The molecular formula is C19H23N3O2. The minimum Gasteiger partial charge on any atom is -0.318 e. The summed E-state index contributed by atoms with van der Waals surface area (Å²) in [6, 6.07) is 9.29. The zero-order valence-electron chi connectivity index (χ0n) is 14.2. The molecule has 1 saturated carbocycles. The molecule has 0 unspecified atom stereocenters. The largest absolute Gasteiger partial charge is 0.318 e. The van der Waals surface area contributed by atoms with Gasteiger partial charge in [-0.2, -0.15) is 0 Å². The fraction of sp³-hybridized carbons (Fsp3) is 0.421. The van der Waals surface area contributed by atoms with Crippen molar-refractivity contribution >= 4 is 11.9 Å². The molecule has 0 N–H and O–H groups in total. The molecule has 126 valence electrons. The van der Waals surface area contributed by atoms with Crippen molar-refractivity contribution in [1.82, 2.24) is 4.57 Å². The molecule has 0 radical (unpaired) electrons. The Morgan fingerprint density at radius 2 is 1.96 bits per heavy atom. The van der Waals surface area contributed by atoms with Crippen LogP contribution in [0.5, 0.6) is 0 Å². The van der Waals surface area contributed by atoms with Crippen LogP contribution in [0, 0.1) is 24.0 Å². The number of aromatic nitrogens is 1. The van der Waals surface area contributed by atoms with E-state index < -0.39 is 0 Å². The molecule has 0 aliphatic heterocycles. The van der Waals surface area contributed by atoms with Crippen LogP contribution in [0.1, 0.15) is 49.1 Å². The van der Waals surface area contributed by atoms with Gasteiger partial charge in [-0.05, 0) is 38.8 Å². The summed E-state index contributed by atoms with van der Waals surface area (Å²) in [5.74, 6) is 0. The second-order valence-corrected chi connectivity index (χ2v) is 6.51. The van der Waals surface area contributed by atoms with Gasteiger partial charge < -0.3 is 4.57 Å². The van der Waals surface area contributed by atoms with Gasteiger partial charge in [0, 0.05) is 41.3 Å². The number of nitro groups is 1. The van der Waals surface area contributed by atoms with Crippen LogP contribution in [-0.2, 0) is 0 Å². The molecule has 1 aromatic carbocycles. The predicted octanol–water partition coefficient (Wildman–Crippen LogP) is 4.75. The molecule has 2 aromatic rings. The van der Waals surface area contributed by atoms with E-state index in [4.69, 9.17) is 4.99 Å². The molecule has 0 saturated heterocycles. The van der Waals surface area contributed by atoms with Crippen molar-refractivity contribution in [2.24, 2.45) is 4.99 Å². The Bertz CT molecular complexity index is 771. The van der Waals surface area contributed by atoms with Crippen LogP contribution in [0.15, 0.2) is 35.3 Å². The summed E-state index contributed by atoms with van der Waals surface area (Å²) in [7, 11) is 0. The molecule has 1 fully saturated rings. The summed E-state index contributed by atoms with van der Waals surface area (Å²) in [6.07, 6.45) is 8.21. The Morgan fingerprint density at radius 3 is 2.67 bits per heavy atom. The summed E-state index contributed by atoms with van der Waals surface area (Å²) >= 11 is 0. The lowest BCUT2D eigenvalue weighted by Crippen LogP contribution is -2.09. The minimum absolute atomic E-state index is 0.109. The fourth-order valence-electron chi connectivity index (χ4n) is 3.48. The number of aryl methyl sites for hydroxylation is 1. The fourth-order valence-corrected chi connectivity index (χ4v) is 3.48. The van der Waals surface area contributed by atoms with Crippen molar-refractivity contribution in [2.75, 3.05) is 0 Å². The number of non-ortho nitro benzene ring substituents is 1. The van der Waals surface area contributed by atoms with E-state index in [-0.39, 0.29) is 10.6 Å². The molecule has 0 bridgehead atoms. The second kappa shape index (κ2) is 6.99. The Labute approximate surface area is 142 Å². The van der Waals surface area contributed by atoms with Crippen molar-refractivity contribution in [2.45, 2.75) is 52.0 Å². The Balaban J connectivity index is 1.90. The lowest BCUT2D eigenvalue weighted by Gasteiger charge is -2.17. The van der Waals surface area contributed by atoms with E-state index in [2.05, 4.69) is 10.6 Å². The van der Waals surface area contributed by atoms with Gasteiger partial charge >= 0.3 is 0 Å². The summed E-state index contributed by atoms with van der Waals surface area (Å²) in [6.45, 7) is 4.05. The number of nitro benzene ring substituents is 1. The molecule has 1 aliphatic rings. The van der Waals surface area contributed by atoms with Crippen LogP contribution in [-0.4, -0.2) is 21.7 Å². The van der Waals surface area contributed by atoms with Gasteiger partial charge in [-0.3, -0.25) is 15.1 Å². The van der Waals surface area contributed by atoms with Gasteiger partial charge in [-0.1, -0.05) is 25.3 Å². The topological polar surface area (TPSA) is 60.4 Å². The average molecular weight is 325 g/mol. The predicted molar refractivity (Wildman–Crippen MR) is 96.4 cm³/mol. The van der Waals surface area contributed by atoms with E-state index in [9.17, 15) is 10.1 Å². The summed E-state index contributed by atoms with van der Waals surface area (Å²) in [4.78, 5) is 15.4. The standard InChI is InChI=1S/C19H23N3O2/c1-14-11-16(13-20-17-7-4-3-5-8-17)15(2)21(14)18-9-6-10-19(12-18)22(23)24/h6,9-13,17H,3-5,7-8H2,1-2H3. The van der Waals surface area contributed by atoms with Crippen LogP contribution in [0.2, 0.25) is 0 Å². The van der Waals surface area contributed by atoms with Gasteiger partial charge in [-0.15, -0.1) is 0 Å². The SMILES string of the molecule is Cc1cc(C=NC2CCCCC2)c(C)n1-c1cccc([N+](=O)[O-])c1. The van der Waals surface area contributed by atoms with E-state index in [0.717, 1.165) is 22.6 Å². The third-order valence-corrected chi connectivity index (χ3v) is 4.77. The first kappa shape index (κ1) is 16.4. The zero-order valence-corrected chi connectivity index (χ0v) is 14.2. The second-order valence-electron chi connectivity index (χ2n) is 6.51.